The molecule has 0 unspecified atom stereocenters. The minimum Gasteiger partial charge on any atom is -0.493 e. The Kier molecular flexibility index (Phi) is 9.21. The summed E-state index contributed by atoms with van der Waals surface area (Å²) in [6.45, 7) is 1.84. The number of ether oxygens (including phenoxy) is 2. The van der Waals surface area contributed by atoms with Gasteiger partial charge in [0.05, 0.1) is 13.0 Å². The summed E-state index contributed by atoms with van der Waals surface area (Å²) in [7, 11) is 0. The quantitative estimate of drug-likeness (QED) is 0.372. The molecule has 36 heavy (non-hydrogen) atoms. The van der Waals surface area contributed by atoms with E-state index in [0.717, 1.165) is 36.3 Å². The van der Waals surface area contributed by atoms with Crippen LogP contribution in [0.1, 0.15) is 24.0 Å². The number of amides is 1. The molecule has 4 rings (SSSR count). The summed E-state index contributed by atoms with van der Waals surface area (Å²) in [5.41, 5.74) is 1.95. The summed E-state index contributed by atoms with van der Waals surface area (Å²) in [5, 5.41) is 8.86. The van der Waals surface area contributed by atoms with Gasteiger partial charge >= 0.3 is 12.1 Å². The maximum Gasteiger partial charge on any atom is 0.415 e. The molecule has 188 valence electrons. The number of carboxylic acids is 1. The molecule has 7 nitrogen and oxygen atoms in total. The number of nitrogens with zero attached hydrogens (tertiary/aromatic N) is 2. The van der Waals surface area contributed by atoms with E-state index >= 15 is 0 Å². The Morgan fingerprint density at radius 2 is 1.56 bits per heavy atom. The molecular formula is C28H30N2O5S. The molecule has 1 amide bonds. The Balaban J connectivity index is 1.14. The Labute approximate surface area is 215 Å². The second-order valence-corrected chi connectivity index (χ2v) is 9.92. The van der Waals surface area contributed by atoms with Crippen LogP contribution in [0.15, 0.2) is 78.0 Å². The van der Waals surface area contributed by atoms with Crippen molar-refractivity contribution in [3.63, 3.8) is 0 Å². The fourth-order valence-electron chi connectivity index (χ4n) is 3.99. The summed E-state index contributed by atoms with van der Waals surface area (Å²) < 4.78 is 11.5. The number of carboxylic acid groups (broad SMARTS) is 1. The van der Waals surface area contributed by atoms with Crippen LogP contribution in [-0.2, 0) is 17.6 Å². The largest absolute Gasteiger partial charge is 0.493 e. The lowest BCUT2D eigenvalue weighted by Gasteiger charge is -2.31. The van der Waals surface area contributed by atoms with Crippen LogP contribution in [0, 0.1) is 5.92 Å². The maximum atomic E-state index is 12.6. The van der Waals surface area contributed by atoms with E-state index in [2.05, 4.69) is 4.98 Å². The maximum absolute atomic E-state index is 12.6. The molecule has 1 fully saturated rings. The van der Waals surface area contributed by atoms with Gasteiger partial charge in [-0.3, -0.25) is 9.78 Å². The van der Waals surface area contributed by atoms with Gasteiger partial charge in [-0.15, -0.1) is 11.8 Å². The zero-order valence-electron chi connectivity index (χ0n) is 20.0. The molecule has 8 heteroatoms. The van der Waals surface area contributed by atoms with Gasteiger partial charge in [0, 0.05) is 36.1 Å². The molecule has 2 heterocycles. The monoisotopic (exact) mass is 506 g/mol. The smallest absolute Gasteiger partial charge is 0.415 e. The molecule has 1 saturated heterocycles. The molecule has 0 bridgehead atoms. The number of aromatic nitrogens is 1. The van der Waals surface area contributed by atoms with Crippen molar-refractivity contribution >= 4 is 23.8 Å². The Hall–Kier alpha value is -3.52. The highest BCUT2D eigenvalue weighted by Gasteiger charge is 2.24. The average molecular weight is 507 g/mol. The van der Waals surface area contributed by atoms with E-state index in [-0.39, 0.29) is 12.5 Å². The molecule has 0 aliphatic carbocycles. The molecule has 0 atom stereocenters. The lowest BCUT2D eigenvalue weighted by Crippen LogP contribution is -2.41. The minimum atomic E-state index is -0.849. The normalized spacial score (nSPS) is 13.8. The zero-order valence-corrected chi connectivity index (χ0v) is 20.9. The van der Waals surface area contributed by atoms with Gasteiger partial charge in [-0.1, -0.05) is 24.3 Å². The summed E-state index contributed by atoms with van der Waals surface area (Å²) in [4.78, 5) is 30.4. The van der Waals surface area contributed by atoms with Gasteiger partial charge in [-0.05, 0) is 72.7 Å². The first-order chi connectivity index (χ1) is 17.5. The van der Waals surface area contributed by atoms with Crippen LogP contribution < -0.4 is 9.47 Å². The second-order valence-electron chi connectivity index (χ2n) is 8.75. The van der Waals surface area contributed by atoms with Crippen molar-refractivity contribution < 1.29 is 24.2 Å². The molecule has 1 aromatic heterocycles. The fraction of sp³-hybridized carbons (Fsp3) is 0.321. The number of benzene rings is 2. The van der Waals surface area contributed by atoms with Gasteiger partial charge in [-0.25, -0.2) is 4.79 Å². The summed E-state index contributed by atoms with van der Waals surface area (Å²) in [6, 6.07) is 18.9. The summed E-state index contributed by atoms with van der Waals surface area (Å²) in [6.07, 6.45) is 5.92. The lowest BCUT2D eigenvalue weighted by atomic mass is 9.98. The van der Waals surface area contributed by atoms with Crippen molar-refractivity contribution in [2.24, 2.45) is 5.92 Å². The second kappa shape index (κ2) is 13.0. The minimum absolute atomic E-state index is 0.00511. The zero-order chi connectivity index (χ0) is 25.2. The van der Waals surface area contributed by atoms with Gasteiger partial charge in [0.15, 0.2) is 0 Å². The van der Waals surface area contributed by atoms with Crippen molar-refractivity contribution in [3.8, 4) is 11.5 Å². The average Bonchev–Trinajstić information content (AvgIpc) is 2.90. The van der Waals surface area contributed by atoms with Gasteiger partial charge in [0.1, 0.15) is 11.5 Å². The van der Waals surface area contributed by atoms with Gasteiger partial charge in [0.25, 0.3) is 0 Å². The molecule has 0 saturated carbocycles. The number of rotatable bonds is 10. The molecular weight excluding hydrogens is 476 g/mol. The first-order valence-corrected chi connectivity index (χ1v) is 13.1. The number of likely N-dealkylation sites (tertiary alicyclic amines) is 1. The predicted octanol–water partition coefficient (Wildman–Crippen LogP) is 5.33. The van der Waals surface area contributed by atoms with Crippen molar-refractivity contribution in [1.29, 1.82) is 0 Å². The fourth-order valence-corrected chi connectivity index (χ4v) is 4.87. The molecule has 3 aromatic rings. The number of carbonyl (C=O) groups is 2. The van der Waals surface area contributed by atoms with Crippen LogP contribution in [0.2, 0.25) is 0 Å². The number of thioether (sulfide) groups is 1. The third-order valence-electron chi connectivity index (χ3n) is 6.07. The van der Waals surface area contributed by atoms with Crippen molar-refractivity contribution in [2.75, 3.05) is 25.4 Å². The highest BCUT2D eigenvalue weighted by molar-refractivity contribution is 7.99. The number of aryl methyl sites for hydroxylation is 1. The van der Waals surface area contributed by atoms with E-state index in [0.29, 0.717) is 31.4 Å². The third-order valence-corrected chi connectivity index (χ3v) is 7.09. The number of hydrogen-bond donors (Lipinski definition) is 1. The SMILES string of the molecule is O=C(O)Cc1ccc(OCC2CCN(C(=O)Oc3ccc(CCSc4ccncc4)cc3)CC2)cc1. The highest BCUT2D eigenvalue weighted by Crippen LogP contribution is 2.22. The Bertz CT molecular complexity index is 1110. The molecule has 1 N–H and O–H groups in total. The van der Waals surface area contributed by atoms with E-state index in [9.17, 15) is 9.59 Å². The molecule has 1 aliphatic heterocycles. The summed E-state index contributed by atoms with van der Waals surface area (Å²) in [5.74, 6) is 1.76. The number of piperidine rings is 1. The first-order valence-electron chi connectivity index (χ1n) is 12.1. The van der Waals surface area contributed by atoms with E-state index in [1.54, 1.807) is 53.3 Å². The van der Waals surface area contributed by atoms with Crippen molar-refractivity contribution in [2.45, 2.75) is 30.6 Å². The van der Waals surface area contributed by atoms with Crippen LogP contribution in [0.4, 0.5) is 4.79 Å². The van der Waals surface area contributed by atoms with Crippen LogP contribution >= 0.6 is 11.8 Å². The molecule has 2 aromatic carbocycles. The number of hydrogen-bond acceptors (Lipinski definition) is 6. The number of pyridine rings is 1. The Morgan fingerprint density at radius 1 is 0.917 bits per heavy atom. The molecule has 0 radical (unpaired) electrons. The van der Waals surface area contributed by atoms with E-state index < -0.39 is 5.97 Å². The standard InChI is InChI=1S/C28H30N2O5S/c31-27(32)19-22-3-5-24(6-4-22)34-20-23-11-16-30(17-12-23)28(33)35-25-7-1-21(2-8-25)13-18-36-26-9-14-29-15-10-26/h1-10,14-15,23H,11-13,16-20H2,(H,31,32). The first kappa shape index (κ1) is 25.6. The Morgan fingerprint density at radius 3 is 2.22 bits per heavy atom. The lowest BCUT2D eigenvalue weighted by molar-refractivity contribution is -0.136. The molecule has 1 aliphatic rings. The van der Waals surface area contributed by atoms with Crippen LogP contribution in [0.25, 0.3) is 0 Å². The van der Waals surface area contributed by atoms with Gasteiger partial charge in [0.2, 0.25) is 0 Å². The van der Waals surface area contributed by atoms with Crippen LogP contribution in [0.3, 0.4) is 0 Å². The van der Waals surface area contributed by atoms with Crippen molar-refractivity contribution in [1.82, 2.24) is 9.88 Å². The topological polar surface area (TPSA) is 89.0 Å². The number of aliphatic carboxylic acids is 1. The van der Waals surface area contributed by atoms with Crippen LogP contribution in [0.5, 0.6) is 11.5 Å². The van der Waals surface area contributed by atoms with Gasteiger partial charge < -0.3 is 19.5 Å². The van der Waals surface area contributed by atoms with Crippen molar-refractivity contribution in [3.05, 3.63) is 84.2 Å². The van der Waals surface area contributed by atoms with Gasteiger partial charge in [-0.2, -0.15) is 0 Å². The van der Waals surface area contributed by atoms with Crippen LogP contribution in [-0.4, -0.2) is 52.5 Å². The van der Waals surface area contributed by atoms with E-state index in [4.69, 9.17) is 14.6 Å². The van der Waals surface area contributed by atoms with E-state index in [1.165, 1.54) is 10.5 Å². The highest BCUT2D eigenvalue weighted by atomic mass is 32.2. The predicted molar refractivity (Wildman–Crippen MR) is 139 cm³/mol. The van der Waals surface area contributed by atoms with E-state index in [1.807, 2.05) is 36.4 Å². The third kappa shape index (κ3) is 8.02. The summed E-state index contributed by atoms with van der Waals surface area (Å²) >= 11 is 1.79. The molecule has 0 spiro atoms. The number of carbonyl (C=O) groups excluding carboxylic acids is 1.